The third kappa shape index (κ3) is 7.73. The second-order valence-electron chi connectivity index (χ2n) is 3.40. The first-order chi connectivity index (χ1) is 6.56. The molecule has 0 aliphatic heterocycles. The maximum atomic E-state index is 11.1. The van der Waals surface area contributed by atoms with Gasteiger partial charge >= 0.3 is 0 Å². The molecule has 4 nitrogen and oxygen atoms in total. The fraction of sp³-hybridized carbons (Fsp3) is 0.800. The number of hydrogen-bond donors (Lipinski definition) is 2. The molecule has 0 heterocycles. The van der Waals surface area contributed by atoms with Crippen molar-refractivity contribution < 1.29 is 14.7 Å². The molecule has 0 rings (SSSR count). The molecule has 0 radical (unpaired) electrons. The number of amides is 1. The van der Waals surface area contributed by atoms with Gasteiger partial charge in [-0.05, 0) is 19.8 Å². The standard InChI is InChI=1S/C10H19NO3/c1-3-9(13)6-7-11-10(14)5-4-8(2)12/h9,13H,3-7H2,1-2H3,(H,11,14). The molecule has 0 saturated heterocycles. The minimum atomic E-state index is -0.344. The largest absolute Gasteiger partial charge is 0.393 e. The maximum Gasteiger partial charge on any atom is 0.220 e. The highest BCUT2D eigenvalue weighted by Gasteiger charge is 2.04. The van der Waals surface area contributed by atoms with Crippen LogP contribution in [0.25, 0.3) is 0 Å². The summed E-state index contributed by atoms with van der Waals surface area (Å²) in [6, 6.07) is 0. The smallest absolute Gasteiger partial charge is 0.220 e. The first-order valence-electron chi connectivity index (χ1n) is 5.00. The summed E-state index contributed by atoms with van der Waals surface area (Å²) in [5.41, 5.74) is 0. The molecule has 14 heavy (non-hydrogen) atoms. The third-order valence-corrected chi connectivity index (χ3v) is 1.98. The molecule has 0 bridgehead atoms. The van der Waals surface area contributed by atoms with Crippen LogP contribution in [0, 0.1) is 0 Å². The highest BCUT2D eigenvalue weighted by molar-refractivity contribution is 5.83. The Labute approximate surface area is 84.7 Å². The Hall–Kier alpha value is -0.900. The summed E-state index contributed by atoms with van der Waals surface area (Å²) in [5, 5.41) is 11.8. The number of hydrogen-bond acceptors (Lipinski definition) is 3. The number of aliphatic hydroxyl groups excluding tert-OH is 1. The van der Waals surface area contributed by atoms with E-state index in [0.717, 1.165) is 0 Å². The van der Waals surface area contributed by atoms with Crippen LogP contribution in [0.2, 0.25) is 0 Å². The van der Waals surface area contributed by atoms with E-state index in [2.05, 4.69) is 5.32 Å². The lowest BCUT2D eigenvalue weighted by Gasteiger charge is -2.08. The molecule has 0 aliphatic rings. The van der Waals surface area contributed by atoms with Crippen LogP contribution in [-0.2, 0) is 9.59 Å². The first-order valence-corrected chi connectivity index (χ1v) is 5.00. The fourth-order valence-corrected chi connectivity index (χ4v) is 0.960. The molecule has 0 aromatic heterocycles. The average molecular weight is 201 g/mol. The lowest BCUT2D eigenvalue weighted by atomic mass is 10.2. The zero-order valence-corrected chi connectivity index (χ0v) is 8.88. The van der Waals surface area contributed by atoms with E-state index in [4.69, 9.17) is 0 Å². The molecular weight excluding hydrogens is 182 g/mol. The van der Waals surface area contributed by atoms with Gasteiger partial charge in [-0.2, -0.15) is 0 Å². The Morgan fingerprint density at radius 1 is 1.36 bits per heavy atom. The number of rotatable bonds is 7. The van der Waals surface area contributed by atoms with Crippen molar-refractivity contribution in [2.75, 3.05) is 6.54 Å². The lowest BCUT2D eigenvalue weighted by molar-refractivity contribution is -0.124. The Morgan fingerprint density at radius 3 is 2.50 bits per heavy atom. The molecule has 0 fully saturated rings. The van der Waals surface area contributed by atoms with Crippen molar-refractivity contribution in [3.05, 3.63) is 0 Å². The topological polar surface area (TPSA) is 66.4 Å². The Bertz CT molecular complexity index is 192. The highest BCUT2D eigenvalue weighted by Crippen LogP contribution is 1.95. The van der Waals surface area contributed by atoms with Gasteiger partial charge in [0.15, 0.2) is 0 Å². The van der Waals surface area contributed by atoms with Crippen molar-refractivity contribution in [1.29, 1.82) is 0 Å². The van der Waals surface area contributed by atoms with Crippen LogP contribution in [0.1, 0.15) is 39.5 Å². The normalized spacial score (nSPS) is 12.2. The number of carbonyl (C=O) groups is 2. The van der Waals surface area contributed by atoms with Crippen molar-refractivity contribution in [2.45, 2.75) is 45.6 Å². The van der Waals surface area contributed by atoms with Gasteiger partial charge in [-0.3, -0.25) is 4.79 Å². The molecular formula is C10H19NO3. The van der Waals surface area contributed by atoms with E-state index >= 15 is 0 Å². The Kier molecular flexibility index (Phi) is 7.02. The first kappa shape index (κ1) is 13.1. The molecule has 1 atom stereocenters. The van der Waals surface area contributed by atoms with Crippen molar-refractivity contribution in [3.63, 3.8) is 0 Å². The molecule has 0 saturated carbocycles. The number of Topliss-reactive ketones (excluding diaryl/α,β-unsaturated/α-hetero) is 1. The molecule has 0 spiro atoms. The van der Waals surface area contributed by atoms with Crippen LogP contribution in [-0.4, -0.2) is 29.4 Å². The van der Waals surface area contributed by atoms with E-state index in [1.807, 2.05) is 6.92 Å². The Morgan fingerprint density at radius 2 is 2.00 bits per heavy atom. The van der Waals surface area contributed by atoms with Gasteiger partial charge in [0, 0.05) is 19.4 Å². The molecule has 2 N–H and O–H groups in total. The summed E-state index contributed by atoms with van der Waals surface area (Å²) in [7, 11) is 0. The van der Waals surface area contributed by atoms with Crippen molar-refractivity contribution in [1.82, 2.24) is 5.32 Å². The summed E-state index contributed by atoms with van der Waals surface area (Å²) in [5.74, 6) is -0.0998. The second kappa shape index (κ2) is 7.50. The predicted molar refractivity (Wildman–Crippen MR) is 53.8 cm³/mol. The summed E-state index contributed by atoms with van der Waals surface area (Å²) >= 11 is 0. The number of aliphatic hydroxyl groups is 1. The molecule has 0 aromatic carbocycles. The van der Waals surface area contributed by atoms with Crippen LogP contribution in [0.15, 0.2) is 0 Å². The van der Waals surface area contributed by atoms with E-state index in [0.29, 0.717) is 25.8 Å². The van der Waals surface area contributed by atoms with Crippen LogP contribution < -0.4 is 5.32 Å². The summed E-state index contributed by atoms with van der Waals surface area (Å²) in [4.78, 5) is 21.6. The molecule has 1 unspecified atom stereocenters. The van der Waals surface area contributed by atoms with E-state index in [1.165, 1.54) is 6.92 Å². The van der Waals surface area contributed by atoms with Gasteiger partial charge in [0.2, 0.25) is 5.91 Å². The SMILES string of the molecule is CCC(O)CCNC(=O)CCC(C)=O. The van der Waals surface area contributed by atoms with Gasteiger partial charge in [0.1, 0.15) is 5.78 Å². The van der Waals surface area contributed by atoms with Gasteiger partial charge in [-0.15, -0.1) is 0 Å². The number of ketones is 1. The fourth-order valence-electron chi connectivity index (χ4n) is 0.960. The molecule has 4 heteroatoms. The van der Waals surface area contributed by atoms with E-state index in [1.54, 1.807) is 0 Å². The minimum absolute atomic E-state index is 0.0220. The van der Waals surface area contributed by atoms with Gasteiger partial charge < -0.3 is 15.2 Å². The zero-order valence-electron chi connectivity index (χ0n) is 8.88. The molecule has 0 aromatic rings. The second-order valence-corrected chi connectivity index (χ2v) is 3.40. The summed E-state index contributed by atoms with van der Waals surface area (Å²) in [6.45, 7) is 3.84. The van der Waals surface area contributed by atoms with Crippen LogP contribution in [0.4, 0.5) is 0 Å². The highest BCUT2D eigenvalue weighted by atomic mass is 16.3. The van der Waals surface area contributed by atoms with Crippen LogP contribution >= 0.6 is 0 Å². The molecule has 0 aliphatic carbocycles. The van der Waals surface area contributed by atoms with Crippen molar-refractivity contribution in [2.24, 2.45) is 0 Å². The van der Waals surface area contributed by atoms with Gasteiger partial charge in [-0.25, -0.2) is 0 Å². The third-order valence-electron chi connectivity index (χ3n) is 1.98. The number of nitrogens with one attached hydrogen (secondary N) is 1. The summed E-state index contributed by atoms with van der Waals surface area (Å²) < 4.78 is 0. The average Bonchev–Trinajstić information content (AvgIpc) is 2.14. The lowest BCUT2D eigenvalue weighted by Crippen LogP contribution is -2.27. The molecule has 82 valence electrons. The van der Waals surface area contributed by atoms with Gasteiger partial charge in [0.05, 0.1) is 6.10 Å². The van der Waals surface area contributed by atoms with Crippen LogP contribution in [0.3, 0.4) is 0 Å². The molecule has 1 amide bonds. The van der Waals surface area contributed by atoms with Crippen molar-refractivity contribution >= 4 is 11.7 Å². The van der Waals surface area contributed by atoms with Crippen LogP contribution in [0.5, 0.6) is 0 Å². The summed E-state index contributed by atoms with van der Waals surface area (Å²) in [6.07, 6.45) is 1.47. The van der Waals surface area contributed by atoms with E-state index in [-0.39, 0.29) is 24.2 Å². The predicted octanol–water partition coefficient (Wildman–Crippen LogP) is 0.633. The van der Waals surface area contributed by atoms with Gasteiger partial charge in [0.25, 0.3) is 0 Å². The quantitative estimate of drug-likeness (QED) is 0.635. The monoisotopic (exact) mass is 201 g/mol. The number of carbonyl (C=O) groups excluding carboxylic acids is 2. The Balaban J connectivity index is 3.40. The maximum absolute atomic E-state index is 11.1. The minimum Gasteiger partial charge on any atom is -0.393 e. The van der Waals surface area contributed by atoms with E-state index in [9.17, 15) is 14.7 Å². The zero-order chi connectivity index (χ0) is 11.0. The van der Waals surface area contributed by atoms with Crippen molar-refractivity contribution in [3.8, 4) is 0 Å². The van der Waals surface area contributed by atoms with Gasteiger partial charge in [-0.1, -0.05) is 6.92 Å². The van der Waals surface area contributed by atoms with E-state index < -0.39 is 0 Å².